The van der Waals surface area contributed by atoms with Crippen molar-refractivity contribution in [2.24, 2.45) is 0 Å². The number of benzene rings is 3. The summed E-state index contributed by atoms with van der Waals surface area (Å²) >= 11 is 0. The van der Waals surface area contributed by atoms with E-state index in [1.807, 2.05) is 101 Å². The van der Waals surface area contributed by atoms with Gasteiger partial charge in [-0.05, 0) is 42.7 Å². The van der Waals surface area contributed by atoms with Crippen LogP contribution >= 0.6 is 0 Å². The van der Waals surface area contributed by atoms with E-state index < -0.39 is 0 Å². The maximum atomic E-state index is 13.6. The number of carbonyl (C=O) groups excluding carboxylic acids is 1. The van der Waals surface area contributed by atoms with Gasteiger partial charge in [0.2, 0.25) is 5.91 Å². The van der Waals surface area contributed by atoms with Crippen molar-refractivity contribution in [3.63, 3.8) is 0 Å². The van der Waals surface area contributed by atoms with Crippen LogP contribution in [0.25, 0.3) is 16.7 Å². The Morgan fingerprint density at radius 1 is 0.865 bits per heavy atom. The number of hydrogen-bond acceptors (Lipinski definition) is 3. The third kappa shape index (κ3) is 5.02. The summed E-state index contributed by atoms with van der Waals surface area (Å²) < 4.78 is 3.59. The second-order valence-corrected chi connectivity index (χ2v) is 9.60. The summed E-state index contributed by atoms with van der Waals surface area (Å²) in [6.07, 6.45) is 2.33. The van der Waals surface area contributed by atoms with Crippen molar-refractivity contribution in [1.29, 1.82) is 0 Å². The fourth-order valence-electron chi connectivity index (χ4n) is 5.40. The van der Waals surface area contributed by atoms with Gasteiger partial charge in [-0.1, -0.05) is 74.2 Å². The summed E-state index contributed by atoms with van der Waals surface area (Å²) in [6.45, 7) is 9.36. The van der Waals surface area contributed by atoms with Crippen molar-refractivity contribution >= 4 is 28.3 Å². The van der Waals surface area contributed by atoms with Crippen LogP contribution in [-0.4, -0.2) is 45.6 Å². The van der Waals surface area contributed by atoms with Crippen LogP contribution in [0.1, 0.15) is 31.7 Å². The molecule has 0 bridgehead atoms. The molecular formula is C31H34N4O2. The normalized spacial score (nSPS) is 14.6. The van der Waals surface area contributed by atoms with Crippen molar-refractivity contribution in [3.8, 4) is 0 Å². The molecular weight excluding hydrogens is 460 g/mol. The van der Waals surface area contributed by atoms with Gasteiger partial charge in [-0.25, -0.2) is 4.79 Å². The number of carbonyl (C=O) groups is 1. The number of nitrogens with zero attached hydrogens (tertiary/aromatic N) is 4. The van der Waals surface area contributed by atoms with Gasteiger partial charge in [-0.3, -0.25) is 13.9 Å². The minimum absolute atomic E-state index is 0.0614. The summed E-state index contributed by atoms with van der Waals surface area (Å²) in [5.41, 5.74) is 4.32. The fourth-order valence-corrected chi connectivity index (χ4v) is 5.40. The van der Waals surface area contributed by atoms with Gasteiger partial charge < -0.3 is 9.80 Å². The number of hydrogen-bond donors (Lipinski definition) is 0. The van der Waals surface area contributed by atoms with E-state index in [-0.39, 0.29) is 17.6 Å². The Hall–Kier alpha value is -3.90. The van der Waals surface area contributed by atoms with Gasteiger partial charge in [-0.15, -0.1) is 0 Å². The standard InChI is InChI=1S/C31H34N4O2/c1-3-30(36)35(26-14-8-5-9-15-26)27-18-20-32(21-19-27)22-23-33-28-16-10-11-17-29(28)34(31(33)37)24(2)25-12-6-4-7-13-25/h4-17,27H,2-3,18-23H2,1H3. The van der Waals surface area contributed by atoms with Crippen LogP contribution in [-0.2, 0) is 11.3 Å². The lowest BCUT2D eigenvalue weighted by atomic mass is 10.0. The molecule has 0 N–H and O–H groups in total. The molecule has 3 aromatic carbocycles. The number of anilines is 1. The molecule has 1 saturated heterocycles. The first-order valence-electron chi connectivity index (χ1n) is 13.1. The lowest BCUT2D eigenvalue weighted by molar-refractivity contribution is -0.119. The Morgan fingerprint density at radius 3 is 2.11 bits per heavy atom. The van der Waals surface area contributed by atoms with E-state index in [0.29, 0.717) is 18.7 Å². The molecule has 0 saturated carbocycles. The van der Waals surface area contributed by atoms with Crippen LogP contribution in [0, 0.1) is 0 Å². The molecule has 1 aromatic heterocycles. The highest BCUT2D eigenvalue weighted by Crippen LogP contribution is 2.25. The molecule has 1 aliphatic heterocycles. The monoisotopic (exact) mass is 494 g/mol. The summed E-state index contributed by atoms with van der Waals surface area (Å²) in [4.78, 5) is 30.8. The van der Waals surface area contributed by atoms with Crippen LogP contribution in [0.5, 0.6) is 0 Å². The van der Waals surface area contributed by atoms with Crippen molar-refractivity contribution in [1.82, 2.24) is 14.0 Å². The second kappa shape index (κ2) is 11.0. The van der Waals surface area contributed by atoms with E-state index in [4.69, 9.17) is 0 Å². The number of amides is 1. The van der Waals surface area contributed by atoms with Gasteiger partial charge in [-0.2, -0.15) is 0 Å². The molecule has 190 valence electrons. The van der Waals surface area contributed by atoms with Crippen molar-refractivity contribution in [2.75, 3.05) is 24.5 Å². The third-order valence-corrected chi connectivity index (χ3v) is 7.38. The van der Waals surface area contributed by atoms with E-state index >= 15 is 0 Å². The van der Waals surface area contributed by atoms with Gasteiger partial charge in [0.1, 0.15) is 0 Å². The van der Waals surface area contributed by atoms with E-state index in [9.17, 15) is 9.59 Å². The molecule has 4 aromatic rings. The minimum atomic E-state index is -0.0614. The molecule has 5 rings (SSSR count). The molecule has 1 fully saturated rings. The van der Waals surface area contributed by atoms with Crippen LogP contribution < -0.4 is 10.6 Å². The van der Waals surface area contributed by atoms with Gasteiger partial charge >= 0.3 is 5.69 Å². The van der Waals surface area contributed by atoms with Crippen molar-refractivity contribution in [2.45, 2.75) is 38.8 Å². The maximum Gasteiger partial charge on any atom is 0.333 e. The average Bonchev–Trinajstić information content (AvgIpc) is 3.24. The Balaban J connectivity index is 1.30. The summed E-state index contributed by atoms with van der Waals surface area (Å²) in [5, 5.41) is 0. The number of imidazole rings is 1. The Kier molecular flexibility index (Phi) is 7.37. The molecule has 0 atom stereocenters. The number of likely N-dealkylation sites (tertiary alicyclic amines) is 1. The first kappa shape index (κ1) is 24.8. The molecule has 6 heteroatoms. The Labute approximate surface area is 218 Å². The van der Waals surface area contributed by atoms with Gasteiger partial charge in [0, 0.05) is 44.3 Å². The van der Waals surface area contributed by atoms with Gasteiger partial charge in [0.25, 0.3) is 0 Å². The molecule has 2 heterocycles. The summed E-state index contributed by atoms with van der Waals surface area (Å²) in [5.74, 6) is 0.169. The zero-order valence-electron chi connectivity index (χ0n) is 21.4. The number of para-hydroxylation sites is 3. The maximum absolute atomic E-state index is 13.6. The summed E-state index contributed by atoms with van der Waals surface area (Å²) in [7, 11) is 0. The highest BCUT2D eigenvalue weighted by Gasteiger charge is 2.28. The molecule has 0 spiro atoms. The van der Waals surface area contributed by atoms with Crippen LogP contribution in [0.15, 0.2) is 96.3 Å². The average molecular weight is 495 g/mol. The van der Waals surface area contributed by atoms with Gasteiger partial charge in [0.05, 0.1) is 16.7 Å². The quantitative estimate of drug-likeness (QED) is 0.337. The SMILES string of the molecule is C=C(c1ccccc1)n1c(=O)n(CCN2CCC(N(C(=O)CC)c3ccccc3)CC2)c2ccccc21. The molecule has 1 amide bonds. The summed E-state index contributed by atoms with van der Waals surface area (Å²) in [6, 6.07) is 28.0. The van der Waals surface area contributed by atoms with E-state index in [0.717, 1.165) is 54.8 Å². The lowest BCUT2D eigenvalue weighted by Crippen LogP contribution is -2.48. The third-order valence-electron chi connectivity index (χ3n) is 7.38. The van der Waals surface area contributed by atoms with Crippen molar-refractivity contribution < 1.29 is 4.79 Å². The fraction of sp³-hybridized carbons (Fsp3) is 0.290. The van der Waals surface area contributed by atoms with E-state index in [2.05, 4.69) is 11.5 Å². The van der Waals surface area contributed by atoms with E-state index in [1.54, 1.807) is 4.57 Å². The first-order chi connectivity index (χ1) is 18.1. The molecule has 0 aliphatic carbocycles. The highest BCUT2D eigenvalue weighted by atomic mass is 16.2. The van der Waals surface area contributed by atoms with Gasteiger partial charge in [0.15, 0.2) is 0 Å². The molecule has 0 unspecified atom stereocenters. The lowest BCUT2D eigenvalue weighted by Gasteiger charge is -2.38. The smallest absolute Gasteiger partial charge is 0.309 e. The zero-order valence-corrected chi connectivity index (χ0v) is 21.4. The molecule has 0 radical (unpaired) electrons. The van der Waals surface area contributed by atoms with E-state index in [1.165, 1.54) is 0 Å². The predicted octanol–water partition coefficient (Wildman–Crippen LogP) is 5.23. The Bertz CT molecular complexity index is 1430. The topological polar surface area (TPSA) is 50.5 Å². The second-order valence-electron chi connectivity index (χ2n) is 9.60. The van der Waals surface area contributed by atoms with Crippen LogP contribution in [0.3, 0.4) is 0 Å². The predicted molar refractivity (Wildman–Crippen MR) is 151 cm³/mol. The molecule has 6 nitrogen and oxygen atoms in total. The number of fused-ring (bicyclic) bond motifs is 1. The van der Waals surface area contributed by atoms with Crippen molar-refractivity contribution in [3.05, 3.63) is 108 Å². The largest absolute Gasteiger partial charge is 0.333 e. The zero-order chi connectivity index (χ0) is 25.8. The molecule has 1 aliphatic rings. The number of aromatic nitrogens is 2. The van der Waals surface area contributed by atoms with Crippen LogP contribution in [0.2, 0.25) is 0 Å². The minimum Gasteiger partial charge on any atom is -0.309 e. The molecule has 37 heavy (non-hydrogen) atoms. The first-order valence-corrected chi connectivity index (χ1v) is 13.1. The Morgan fingerprint density at radius 2 is 1.46 bits per heavy atom. The number of piperidine rings is 1. The highest BCUT2D eigenvalue weighted by molar-refractivity contribution is 5.93. The number of rotatable bonds is 8. The van der Waals surface area contributed by atoms with Crippen LogP contribution in [0.4, 0.5) is 5.69 Å².